The summed E-state index contributed by atoms with van der Waals surface area (Å²) >= 11 is 8.29. The van der Waals surface area contributed by atoms with Crippen LogP contribution < -0.4 is 0 Å². The van der Waals surface area contributed by atoms with Gasteiger partial charge in [-0.05, 0) is 48.4 Å². The molecule has 1 atom stereocenters. The first-order valence-electron chi connectivity index (χ1n) is 8.34. The zero-order chi connectivity index (χ0) is 19.4. The number of nitrogens with zero attached hydrogens (tertiary/aromatic N) is 1. The van der Waals surface area contributed by atoms with Gasteiger partial charge in [-0.25, -0.2) is 0 Å². The number of ether oxygens (including phenoxy) is 1. The SMILES string of the molecule is CCOC(=O)CN1C(=O)/C(=C\c2ccc(Br)cc2)S[C@@H]1c1ccc(Br)cc1. The molecule has 0 N–H and O–H groups in total. The number of hydrogen-bond donors (Lipinski definition) is 0. The number of hydrogen-bond acceptors (Lipinski definition) is 4. The monoisotopic (exact) mass is 509 g/mol. The molecule has 0 radical (unpaired) electrons. The van der Waals surface area contributed by atoms with Crippen LogP contribution in [-0.4, -0.2) is 29.9 Å². The smallest absolute Gasteiger partial charge is 0.325 e. The summed E-state index contributed by atoms with van der Waals surface area (Å²) in [6.45, 7) is 1.97. The maximum absolute atomic E-state index is 13.0. The van der Waals surface area contributed by atoms with Crippen molar-refractivity contribution in [3.05, 3.63) is 73.5 Å². The van der Waals surface area contributed by atoms with Crippen molar-refractivity contribution in [1.82, 2.24) is 4.90 Å². The van der Waals surface area contributed by atoms with Crippen LogP contribution in [0, 0.1) is 0 Å². The summed E-state index contributed by atoms with van der Waals surface area (Å²) in [5, 5.41) is -0.267. The van der Waals surface area contributed by atoms with E-state index in [0.29, 0.717) is 11.5 Å². The first-order chi connectivity index (χ1) is 13.0. The summed E-state index contributed by atoms with van der Waals surface area (Å²) in [5.41, 5.74) is 1.89. The lowest BCUT2D eigenvalue weighted by Crippen LogP contribution is -2.34. The standard InChI is InChI=1S/C20H17Br2NO3S/c1-2-26-18(24)12-23-19(25)17(11-13-3-7-15(21)8-4-13)27-20(23)14-5-9-16(22)10-6-14/h3-11,20H,2,12H2,1H3/b17-11+/t20-/m1/s1. The van der Waals surface area contributed by atoms with Gasteiger partial charge in [-0.2, -0.15) is 0 Å². The molecule has 1 aliphatic rings. The van der Waals surface area contributed by atoms with Crippen LogP contribution >= 0.6 is 43.6 Å². The minimum absolute atomic E-state index is 0.0713. The number of rotatable bonds is 5. The largest absolute Gasteiger partial charge is 0.465 e. The molecule has 4 nitrogen and oxygen atoms in total. The van der Waals surface area contributed by atoms with E-state index >= 15 is 0 Å². The highest BCUT2D eigenvalue weighted by Crippen LogP contribution is 2.46. The van der Waals surface area contributed by atoms with Gasteiger partial charge in [0.15, 0.2) is 0 Å². The van der Waals surface area contributed by atoms with E-state index in [1.807, 2.05) is 54.6 Å². The molecule has 1 aliphatic heterocycles. The summed E-state index contributed by atoms with van der Waals surface area (Å²) in [4.78, 5) is 27.2. The Bertz CT molecular complexity index is 866. The molecule has 3 rings (SSSR count). The second-order valence-electron chi connectivity index (χ2n) is 5.82. The molecule has 27 heavy (non-hydrogen) atoms. The van der Waals surface area contributed by atoms with Gasteiger partial charge in [0, 0.05) is 8.95 Å². The fourth-order valence-electron chi connectivity index (χ4n) is 2.66. The predicted octanol–water partition coefficient (Wildman–Crippen LogP) is 5.39. The van der Waals surface area contributed by atoms with E-state index in [1.165, 1.54) is 11.8 Å². The maximum Gasteiger partial charge on any atom is 0.325 e. The molecule has 1 amide bonds. The van der Waals surface area contributed by atoms with Crippen molar-refractivity contribution in [2.75, 3.05) is 13.2 Å². The van der Waals surface area contributed by atoms with Gasteiger partial charge in [-0.15, -0.1) is 0 Å². The third-order valence-electron chi connectivity index (χ3n) is 3.92. The van der Waals surface area contributed by atoms with Crippen molar-refractivity contribution in [1.29, 1.82) is 0 Å². The lowest BCUT2D eigenvalue weighted by atomic mass is 10.2. The van der Waals surface area contributed by atoms with E-state index in [2.05, 4.69) is 31.9 Å². The van der Waals surface area contributed by atoms with Crippen LogP contribution in [0.15, 0.2) is 62.4 Å². The molecule has 1 heterocycles. The lowest BCUT2D eigenvalue weighted by Gasteiger charge is -2.22. The fraction of sp³-hybridized carbons (Fsp3) is 0.200. The average Bonchev–Trinajstić information content (AvgIpc) is 2.94. The summed E-state index contributed by atoms with van der Waals surface area (Å²) in [7, 11) is 0. The molecule has 0 aromatic heterocycles. The van der Waals surface area contributed by atoms with Crippen LogP contribution in [0.2, 0.25) is 0 Å². The van der Waals surface area contributed by atoms with Gasteiger partial charge in [-0.1, -0.05) is 67.9 Å². The Labute approximate surface area is 179 Å². The zero-order valence-electron chi connectivity index (χ0n) is 14.5. The highest BCUT2D eigenvalue weighted by Gasteiger charge is 2.38. The summed E-state index contributed by atoms with van der Waals surface area (Å²) < 4.78 is 6.99. The van der Waals surface area contributed by atoms with E-state index in [1.54, 1.807) is 11.8 Å². The van der Waals surface area contributed by atoms with Crippen LogP contribution in [0.1, 0.15) is 23.4 Å². The Balaban J connectivity index is 1.91. The molecular weight excluding hydrogens is 494 g/mol. The Morgan fingerprint density at radius 2 is 1.70 bits per heavy atom. The molecule has 7 heteroatoms. The number of amides is 1. The number of thioether (sulfide) groups is 1. The van der Waals surface area contributed by atoms with Crippen LogP contribution in [0.25, 0.3) is 6.08 Å². The zero-order valence-corrected chi connectivity index (χ0v) is 18.5. The van der Waals surface area contributed by atoms with Crippen LogP contribution in [0.5, 0.6) is 0 Å². The Hall–Kier alpha value is -1.57. The molecular formula is C20H17Br2NO3S. The molecule has 140 valence electrons. The second kappa shape index (κ2) is 9.08. The van der Waals surface area contributed by atoms with Gasteiger partial charge in [0.1, 0.15) is 11.9 Å². The third-order valence-corrected chi connectivity index (χ3v) is 6.27. The van der Waals surface area contributed by atoms with Crippen molar-refractivity contribution >= 4 is 61.6 Å². The third kappa shape index (κ3) is 5.03. The van der Waals surface area contributed by atoms with Crippen molar-refractivity contribution in [3.63, 3.8) is 0 Å². The molecule has 0 spiro atoms. The van der Waals surface area contributed by atoms with Crippen molar-refractivity contribution in [2.45, 2.75) is 12.3 Å². The number of halogens is 2. The number of carbonyl (C=O) groups excluding carboxylic acids is 2. The maximum atomic E-state index is 13.0. The van der Waals surface area contributed by atoms with Crippen LogP contribution in [-0.2, 0) is 14.3 Å². The van der Waals surface area contributed by atoms with Crippen molar-refractivity contribution in [3.8, 4) is 0 Å². The van der Waals surface area contributed by atoms with Gasteiger partial charge in [-0.3, -0.25) is 9.59 Å². The molecule has 2 aromatic rings. The topological polar surface area (TPSA) is 46.6 Å². The van der Waals surface area contributed by atoms with E-state index < -0.39 is 5.97 Å². The highest BCUT2D eigenvalue weighted by molar-refractivity contribution is 9.10. The molecule has 0 aliphatic carbocycles. The fourth-order valence-corrected chi connectivity index (χ4v) is 4.45. The molecule has 0 unspecified atom stereocenters. The van der Waals surface area contributed by atoms with E-state index in [9.17, 15) is 9.59 Å². The number of esters is 1. The van der Waals surface area contributed by atoms with Crippen LogP contribution in [0.3, 0.4) is 0 Å². The van der Waals surface area contributed by atoms with E-state index in [4.69, 9.17) is 4.74 Å². The Kier molecular flexibility index (Phi) is 6.78. The van der Waals surface area contributed by atoms with Gasteiger partial charge < -0.3 is 9.64 Å². The summed E-state index contributed by atoms with van der Waals surface area (Å²) in [6.07, 6.45) is 1.86. The quantitative estimate of drug-likeness (QED) is 0.399. The van der Waals surface area contributed by atoms with Crippen molar-refractivity contribution in [2.24, 2.45) is 0 Å². The molecule has 1 saturated heterocycles. The minimum Gasteiger partial charge on any atom is -0.465 e. The van der Waals surface area contributed by atoms with Gasteiger partial charge in [0.05, 0.1) is 11.5 Å². The summed E-state index contributed by atoms with van der Waals surface area (Å²) in [6, 6.07) is 15.5. The second-order valence-corrected chi connectivity index (χ2v) is 8.77. The van der Waals surface area contributed by atoms with E-state index in [-0.39, 0.29) is 17.8 Å². The van der Waals surface area contributed by atoms with Crippen molar-refractivity contribution < 1.29 is 14.3 Å². The van der Waals surface area contributed by atoms with Crippen LogP contribution in [0.4, 0.5) is 0 Å². The Morgan fingerprint density at radius 1 is 1.11 bits per heavy atom. The van der Waals surface area contributed by atoms with Gasteiger partial charge in [0.2, 0.25) is 0 Å². The molecule has 0 saturated carbocycles. The number of carbonyl (C=O) groups is 2. The minimum atomic E-state index is -0.404. The summed E-state index contributed by atoms with van der Waals surface area (Å²) in [5.74, 6) is -0.567. The predicted molar refractivity (Wildman–Crippen MR) is 115 cm³/mol. The molecule has 2 aromatic carbocycles. The molecule has 0 bridgehead atoms. The average molecular weight is 511 g/mol. The first-order valence-corrected chi connectivity index (χ1v) is 10.8. The van der Waals surface area contributed by atoms with Gasteiger partial charge in [0.25, 0.3) is 5.91 Å². The Morgan fingerprint density at radius 3 is 2.30 bits per heavy atom. The first kappa shape index (κ1) is 20.2. The highest BCUT2D eigenvalue weighted by atomic mass is 79.9. The lowest BCUT2D eigenvalue weighted by molar-refractivity contribution is -0.147. The van der Waals surface area contributed by atoms with E-state index in [0.717, 1.165) is 20.1 Å². The van der Waals surface area contributed by atoms with Gasteiger partial charge >= 0.3 is 5.97 Å². The normalized spacial score (nSPS) is 18.2. The number of benzene rings is 2. The molecule has 1 fully saturated rings.